The summed E-state index contributed by atoms with van der Waals surface area (Å²) in [6.45, 7) is 3.96. The highest BCUT2D eigenvalue weighted by molar-refractivity contribution is 8.01. The molecule has 3 unspecified atom stereocenters. The molecular formula is C15H19N3O2S. The quantitative estimate of drug-likeness (QED) is 0.923. The first-order valence-electron chi connectivity index (χ1n) is 7.19. The van der Waals surface area contributed by atoms with E-state index in [9.17, 15) is 9.59 Å². The predicted octanol–water partition coefficient (Wildman–Crippen LogP) is 1.71. The molecule has 3 rings (SSSR count). The largest absolute Gasteiger partial charge is 0.346 e. The van der Waals surface area contributed by atoms with E-state index in [1.54, 1.807) is 22.9 Å². The Morgan fingerprint density at radius 2 is 2.38 bits per heavy atom. The van der Waals surface area contributed by atoms with Gasteiger partial charge in [0.1, 0.15) is 6.04 Å². The zero-order valence-corrected chi connectivity index (χ0v) is 13.0. The first-order valence-corrected chi connectivity index (χ1v) is 8.17. The van der Waals surface area contributed by atoms with Gasteiger partial charge in [-0.25, -0.2) is 0 Å². The van der Waals surface area contributed by atoms with Crippen LogP contribution in [0, 0.1) is 0 Å². The number of carbonyl (C=O) groups is 2. The van der Waals surface area contributed by atoms with Crippen LogP contribution in [-0.2, 0) is 9.59 Å². The maximum atomic E-state index is 12.5. The maximum absolute atomic E-state index is 12.5. The standard InChI is InChI=1S/C15H19N3O2S/c1-10(11-5-3-4-8-16-11)17-14(20)12-9-21-15(2)7-6-13(19)18(12)15/h3-5,8,10,12H,6-7,9H2,1-2H3,(H,17,20). The molecule has 0 aromatic carbocycles. The summed E-state index contributed by atoms with van der Waals surface area (Å²) in [5, 5.41) is 2.98. The molecule has 21 heavy (non-hydrogen) atoms. The molecule has 6 heteroatoms. The molecule has 0 bridgehead atoms. The van der Waals surface area contributed by atoms with Gasteiger partial charge >= 0.3 is 0 Å². The summed E-state index contributed by atoms with van der Waals surface area (Å²) >= 11 is 1.71. The molecule has 1 aromatic rings. The summed E-state index contributed by atoms with van der Waals surface area (Å²) in [6.07, 6.45) is 3.09. The Bertz CT molecular complexity index is 565. The van der Waals surface area contributed by atoms with E-state index in [0.29, 0.717) is 12.2 Å². The number of pyridine rings is 1. The molecule has 0 aliphatic carbocycles. The number of rotatable bonds is 3. The highest BCUT2D eigenvalue weighted by Gasteiger charge is 2.52. The Morgan fingerprint density at radius 1 is 1.57 bits per heavy atom. The Hall–Kier alpha value is -1.56. The first kappa shape index (κ1) is 14.4. The lowest BCUT2D eigenvalue weighted by Crippen LogP contribution is -2.50. The van der Waals surface area contributed by atoms with Gasteiger partial charge in [0.2, 0.25) is 11.8 Å². The van der Waals surface area contributed by atoms with E-state index in [0.717, 1.165) is 12.1 Å². The van der Waals surface area contributed by atoms with Gasteiger partial charge in [-0.05, 0) is 32.4 Å². The molecule has 2 fully saturated rings. The van der Waals surface area contributed by atoms with Crippen molar-refractivity contribution in [2.24, 2.45) is 0 Å². The van der Waals surface area contributed by atoms with Crippen molar-refractivity contribution in [1.82, 2.24) is 15.2 Å². The molecule has 0 spiro atoms. The number of amides is 2. The summed E-state index contributed by atoms with van der Waals surface area (Å²) in [4.78, 5) is 30.4. The third kappa shape index (κ3) is 2.52. The van der Waals surface area contributed by atoms with Crippen molar-refractivity contribution in [2.45, 2.75) is 43.6 Å². The van der Waals surface area contributed by atoms with Crippen molar-refractivity contribution in [3.63, 3.8) is 0 Å². The maximum Gasteiger partial charge on any atom is 0.244 e. The lowest BCUT2D eigenvalue weighted by Gasteiger charge is -2.30. The molecule has 3 atom stereocenters. The van der Waals surface area contributed by atoms with Gasteiger partial charge in [-0.1, -0.05) is 6.07 Å². The number of carbonyl (C=O) groups excluding carboxylic acids is 2. The van der Waals surface area contributed by atoms with E-state index in [1.807, 2.05) is 25.1 Å². The Kier molecular flexibility index (Phi) is 3.65. The molecule has 0 saturated carbocycles. The predicted molar refractivity (Wildman–Crippen MR) is 81.5 cm³/mol. The first-order chi connectivity index (χ1) is 10.0. The van der Waals surface area contributed by atoms with Gasteiger partial charge in [0.25, 0.3) is 0 Å². The highest BCUT2D eigenvalue weighted by Crippen LogP contribution is 2.47. The van der Waals surface area contributed by atoms with Crippen molar-refractivity contribution in [3.8, 4) is 0 Å². The van der Waals surface area contributed by atoms with Gasteiger partial charge in [0, 0.05) is 18.4 Å². The fourth-order valence-corrected chi connectivity index (χ4v) is 4.46. The fourth-order valence-electron chi connectivity index (χ4n) is 3.03. The van der Waals surface area contributed by atoms with Crippen LogP contribution in [-0.4, -0.2) is 38.4 Å². The van der Waals surface area contributed by atoms with Gasteiger partial charge in [-0.15, -0.1) is 11.8 Å². The average Bonchev–Trinajstić information content (AvgIpc) is 2.97. The van der Waals surface area contributed by atoms with Crippen LogP contribution < -0.4 is 5.32 Å². The third-order valence-electron chi connectivity index (χ3n) is 4.24. The normalized spacial score (nSPS) is 29.3. The molecule has 2 aliphatic rings. The topological polar surface area (TPSA) is 62.3 Å². The zero-order valence-electron chi connectivity index (χ0n) is 12.2. The zero-order chi connectivity index (χ0) is 15.0. The molecule has 112 valence electrons. The Morgan fingerprint density at radius 3 is 3.10 bits per heavy atom. The monoisotopic (exact) mass is 305 g/mol. The molecule has 2 saturated heterocycles. The second kappa shape index (κ2) is 5.33. The minimum Gasteiger partial charge on any atom is -0.346 e. The van der Waals surface area contributed by atoms with E-state index >= 15 is 0 Å². The van der Waals surface area contributed by atoms with Crippen LogP contribution in [0.5, 0.6) is 0 Å². The molecule has 2 amide bonds. The molecule has 0 radical (unpaired) electrons. The van der Waals surface area contributed by atoms with E-state index in [-0.39, 0.29) is 28.8 Å². The van der Waals surface area contributed by atoms with E-state index in [4.69, 9.17) is 0 Å². The number of thioether (sulfide) groups is 1. The number of hydrogen-bond donors (Lipinski definition) is 1. The van der Waals surface area contributed by atoms with Crippen LogP contribution in [0.1, 0.15) is 38.4 Å². The van der Waals surface area contributed by atoms with Crippen LogP contribution in [0.2, 0.25) is 0 Å². The minimum atomic E-state index is -0.360. The van der Waals surface area contributed by atoms with Crippen LogP contribution in [0.4, 0.5) is 0 Å². The van der Waals surface area contributed by atoms with Gasteiger partial charge in [-0.3, -0.25) is 14.6 Å². The number of hydrogen-bond acceptors (Lipinski definition) is 4. The lowest BCUT2D eigenvalue weighted by atomic mass is 10.1. The van der Waals surface area contributed by atoms with E-state index in [1.165, 1.54) is 0 Å². The van der Waals surface area contributed by atoms with Gasteiger partial charge in [0.05, 0.1) is 16.6 Å². The van der Waals surface area contributed by atoms with Crippen LogP contribution in [0.25, 0.3) is 0 Å². The number of nitrogens with one attached hydrogen (secondary N) is 1. The minimum absolute atomic E-state index is 0.0837. The smallest absolute Gasteiger partial charge is 0.244 e. The second-order valence-electron chi connectivity index (χ2n) is 5.75. The Labute approximate surface area is 128 Å². The summed E-state index contributed by atoms with van der Waals surface area (Å²) in [5.41, 5.74) is 0.826. The molecule has 5 nitrogen and oxygen atoms in total. The van der Waals surface area contributed by atoms with Crippen molar-refractivity contribution >= 4 is 23.6 Å². The van der Waals surface area contributed by atoms with Crippen LogP contribution in [0.15, 0.2) is 24.4 Å². The van der Waals surface area contributed by atoms with Crippen LogP contribution in [0.3, 0.4) is 0 Å². The van der Waals surface area contributed by atoms with Gasteiger partial charge < -0.3 is 10.2 Å². The summed E-state index contributed by atoms with van der Waals surface area (Å²) in [7, 11) is 0. The number of aromatic nitrogens is 1. The van der Waals surface area contributed by atoms with Crippen molar-refractivity contribution in [2.75, 3.05) is 5.75 Å². The second-order valence-corrected chi connectivity index (χ2v) is 7.25. The third-order valence-corrected chi connectivity index (χ3v) is 5.74. The molecule has 1 aromatic heterocycles. The lowest BCUT2D eigenvalue weighted by molar-refractivity contribution is -0.138. The molecule has 3 heterocycles. The summed E-state index contributed by atoms with van der Waals surface area (Å²) in [5.74, 6) is 0.677. The average molecular weight is 305 g/mol. The fraction of sp³-hybridized carbons (Fsp3) is 0.533. The molecule has 1 N–H and O–H groups in total. The van der Waals surface area contributed by atoms with Gasteiger partial charge in [-0.2, -0.15) is 0 Å². The van der Waals surface area contributed by atoms with Crippen molar-refractivity contribution in [3.05, 3.63) is 30.1 Å². The summed E-state index contributed by atoms with van der Waals surface area (Å²) in [6, 6.07) is 5.12. The highest BCUT2D eigenvalue weighted by atomic mass is 32.2. The SMILES string of the molecule is CC(NC(=O)C1CSC2(C)CCC(=O)N12)c1ccccn1. The van der Waals surface area contributed by atoms with Crippen molar-refractivity contribution in [1.29, 1.82) is 0 Å². The molecular weight excluding hydrogens is 286 g/mol. The van der Waals surface area contributed by atoms with E-state index in [2.05, 4.69) is 17.2 Å². The Balaban J connectivity index is 1.70. The molecule has 2 aliphatic heterocycles. The van der Waals surface area contributed by atoms with Crippen LogP contribution >= 0.6 is 11.8 Å². The van der Waals surface area contributed by atoms with Crippen molar-refractivity contribution < 1.29 is 9.59 Å². The summed E-state index contributed by atoms with van der Waals surface area (Å²) < 4.78 is 0. The number of nitrogens with zero attached hydrogens (tertiary/aromatic N) is 2. The van der Waals surface area contributed by atoms with Gasteiger partial charge in [0.15, 0.2) is 0 Å². The number of fused-ring (bicyclic) bond motifs is 1. The van der Waals surface area contributed by atoms with E-state index < -0.39 is 0 Å².